The van der Waals surface area contributed by atoms with Gasteiger partial charge in [0.1, 0.15) is 20.9 Å². The summed E-state index contributed by atoms with van der Waals surface area (Å²) < 4.78 is 0.802. The van der Waals surface area contributed by atoms with E-state index in [-0.39, 0.29) is 17.0 Å². The van der Waals surface area contributed by atoms with Gasteiger partial charge in [-0.15, -0.1) is 22.7 Å². The Labute approximate surface area is 164 Å². The highest BCUT2D eigenvalue weighted by Gasteiger charge is 2.44. The van der Waals surface area contributed by atoms with E-state index in [0.717, 1.165) is 28.2 Å². The molecule has 0 saturated heterocycles. The molecule has 0 aromatic carbocycles. The number of quaternary nitrogens is 1. The molecule has 132 valence electrons. The number of halogens is 2. The van der Waals surface area contributed by atoms with Crippen molar-refractivity contribution in [3.8, 4) is 6.07 Å². The molecule has 25 heavy (non-hydrogen) atoms. The number of carbonyl (C=O) groups excluding carboxylic acids is 1. The molecular formula is C17H18Cl2N3OS2+. The lowest BCUT2D eigenvalue weighted by Crippen LogP contribution is -3.03. The van der Waals surface area contributed by atoms with Gasteiger partial charge in [0.25, 0.3) is 5.91 Å². The number of hydrogen-bond donors (Lipinski definition) is 2. The molecule has 3 N–H and O–H groups in total. The number of carbonyl (C=O) groups is 1. The summed E-state index contributed by atoms with van der Waals surface area (Å²) in [4.78, 5) is 13.7. The van der Waals surface area contributed by atoms with E-state index in [1.807, 2.05) is 0 Å². The largest absolute Gasteiger partial charge is 0.333 e. The van der Waals surface area contributed by atoms with E-state index in [1.165, 1.54) is 11.3 Å². The van der Waals surface area contributed by atoms with Crippen LogP contribution in [-0.2, 0) is 12.0 Å². The minimum absolute atomic E-state index is 0.00531. The fourth-order valence-corrected chi connectivity index (χ4v) is 6.27. The molecule has 0 unspecified atom stereocenters. The molecule has 0 radical (unpaired) electrons. The monoisotopic (exact) mass is 414 g/mol. The van der Waals surface area contributed by atoms with Gasteiger partial charge >= 0.3 is 0 Å². The van der Waals surface area contributed by atoms with E-state index < -0.39 is 0 Å². The fourth-order valence-electron chi connectivity index (χ4n) is 3.58. The molecule has 0 spiro atoms. The molecule has 0 atom stereocenters. The van der Waals surface area contributed by atoms with Crippen molar-refractivity contribution >= 4 is 56.8 Å². The van der Waals surface area contributed by atoms with E-state index in [9.17, 15) is 10.1 Å². The zero-order valence-electron chi connectivity index (χ0n) is 14.3. The van der Waals surface area contributed by atoms with Crippen molar-refractivity contribution in [1.29, 1.82) is 5.26 Å². The highest BCUT2D eigenvalue weighted by Crippen LogP contribution is 2.42. The first kappa shape index (κ1) is 18.7. The highest BCUT2D eigenvalue weighted by molar-refractivity contribution is 7.20. The van der Waals surface area contributed by atoms with Crippen LogP contribution >= 0.6 is 45.9 Å². The Balaban J connectivity index is 2.02. The summed E-state index contributed by atoms with van der Waals surface area (Å²) in [5.41, 5.74) is 1.77. The van der Waals surface area contributed by atoms with Gasteiger partial charge in [0, 0.05) is 6.42 Å². The molecule has 2 aromatic heterocycles. The Kier molecular flexibility index (Phi) is 4.68. The van der Waals surface area contributed by atoms with Gasteiger partial charge < -0.3 is 10.6 Å². The predicted octanol–water partition coefficient (Wildman–Crippen LogP) is 4.37. The second-order valence-corrected chi connectivity index (χ2v) is 10.8. The summed E-state index contributed by atoms with van der Waals surface area (Å²) in [5, 5.41) is 15.5. The SMILES string of the molecule is CC1(C)Cc2c(sc(NC(=O)c3cc(Cl)sc3Cl)c2C#N)C(C)(C)[NH2+]1. The van der Waals surface area contributed by atoms with E-state index in [4.69, 9.17) is 23.2 Å². The Morgan fingerprint density at radius 3 is 2.56 bits per heavy atom. The Morgan fingerprint density at radius 2 is 2.00 bits per heavy atom. The fraction of sp³-hybridized carbons (Fsp3) is 0.412. The van der Waals surface area contributed by atoms with Crippen molar-refractivity contribution in [3.63, 3.8) is 0 Å². The molecule has 4 nitrogen and oxygen atoms in total. The summed E-state index contributed by atoms with van der Waals surface area (Å²) in [6.07, 6.45) is 0.784. The van der Waals surface area contributed by atoms with Crippen LogP contribution in [0.15, 0.2) is 6.07 Å². The van der Waals surface area contributed by atoms with Crippen molar-refractivity contribution in [3.05, 3.63) is 36.3 Å². The second-order valence-electron chi connectivity index (χ2n) is 7.45. The number of amides is 1. The maximum atomic E-state index is 12.6. The first-order chi connectivity index (χ1) is 11.5. The number of fused-ring (bicyclic) bond motifs is 1. The standard InChI is InChI=1S/C17H17Cl2N3OS2/c1-16(2)6-9-10(7-20)15(25-12(9)17(3,4)22-16)21-14(23)8-5-11(18)24-13(8)19/h5,22H,6H2,1-4H3,(H,21,23)/p+1. The van der Waals surface area contributed by atoms with Gasteiger partial charge in [0.15, 0.2) is 0 Å². The number of nitrogens with one attached hydrogen (secondary N) is 1. The van der Waals surface area contributed by atoms with Crippen LogP contribution < -0.4 is 10.6 Å². The number of anilines is 1. The predicted molar refractivity (Wildman–Crippen MR) is 104 cm³/mol. The van der Waals surface area contributed by atoms with E-state index >= 15 is 0 Å². The molecule has 1 aliphatic heterocycles. The first-order valence-corrected chi connectivity index (χ1v) is 10.1. The van der Waals surface area contributed by atoms with Crippen molar-refractivity contribution in [2.75, 3.05) is 5.32 Å². The summed E-state index contributed by atoms with van der Waals surface area (Å²) >= 11 is 14.6. The van der Waals surface area contributed by atoms with Gasteiger partial charge in [-0.2, -0.15) is 5.26 Å². The number of rotatable bonds is 2. The average molecular weight is 415 g/mol. The van der Waals surface area contributed by atoms with Crippen LogP contribution in [0.5, 0.6) is 0 Å². The number of thiophene rings is 2. The first-order valence-electron chi connectivity index (χ1n) is 7.73. The summed E-state index contributed by atoms with van der Waals surface area (Å²) in [6, 6.07) is 3.83. The molecule has 0 aliphatic carbocycles. The van der Waals surface area contributed by atoms with Crippen molar-refractivity contribution in [2.45, 2.75) is 45.2 Å². The number of nitrogens with zero attached hydrogens (tertiary/aromatic N) is 1. The Bertz CT molecular complexity index is 906. The van der Waals surface area contributed by atoms with E-state index in [0.29, 0.717) is 24.8 Å². The Hall–Kier alpha value is -1.10. The van der Waals surface area contributed by atoms with Crippen LogP contribution in [0, 0.1) is 11.3 Å². The van der Waals surface area contributed by atoms with Gasteiger partial charge in [-0.3, -0.25) is 4.79 Å². The number of nitriles is 1. The number of hydrogen-bond acceptors (Lipinski definition) is 4. The summed E-state index contributed by atoms with van der Waals surface area (Å²) in [6.45, 7) is 8.63. The van der Waals surface area contributed by atoms with Crippen LogP contribution in [0.2, 0.25) is 8.67 Å². The van der Waals surface area contributed by atoms with Gasteiger partial charge in [0.2, 0.25) is 0 Å². The zero-order chi connectivity index (χ0) is 18.6. The van der Waals surface area contributed by atoms with Gasteiger partial charge in [0.05, 0.1) is 25.9 Å². The Morgan fingerprint density at radius 1 is 1.32 bits per heavy atom. The third-order valence-electron chi connectivity index (χ3n) is 4.22. The molecule has 0 fully saturated rings. The smallest absolute Gasteiger partial charge is 0.258 e. The van der Waals surface area contributed by atoms with Gasteiger partial charge in [-0.25, -0.2) is 0 Å². The maximum Gasteiger partial charge on any atom is 0.258 e. The maximum absolute atomic E-state index is 12.6. The van der Waals surface area contributed by atoms with Crippen LogP contribution in [-0.4, -0.2) is 11.4 Å². The summed E-state index contributed by atoms with van der Waals surface area (Å²) in [5.74, 6) is -0.343. The molecule has 3 heterocycles. The van der Waals surface area contributed by atoms with Gasteiger partial charge in [-0.05, 0) is 39.3 Å². The minimum atomic E-state index is -0.343. The van der Waals surface area contributed by atoms with Crippen molar-refractivity contribution in [2.24, 2.45) is 0 Å². The molecule has 8 heteroatoms. The molecule has 2 aromatic rings. The topological polar surface area (TPSA) is 69.5 Å². The lowest BCUT2D eigenvalue weighted by molar-refractivity contribution is -0.789. The third-order valence-corrected chi connectivity index (χ3v) is 7.19. The lowest BCUT2D eigenvalue weighted by atomic mass is 9.81. The quantitative estimate of drug-likeness (QED) is 0.765. The van der Waals surface area contributed by atoms with Gasteiger partial charge in [-0.1, -0.05) is 23.2 Å². The van der Waals surface area contributed by atoms with Crippen LogP contribution in [0.1, 0.15) is 54.1 Å². The van der Waals surface area contributed by atoms with Crippen molar-refractivity contribution in [1.82, 2.24) is 0 Å². The highest BCUT2D eigenvalue weighted by atomic mass is 35.5. The molecule has 0 bridgehead atoms. The second kappa shape index (κ2) is 6.26. The molecular weight excluding hydrogens is 397 g/mol. The van der Waals surface area contributed by atoms with E-state index in [2.05, 4.69) is 44.4 Å². The van der Waals surface area contributed by atoms with E-state index in [1.54, 1.807) is 6.07 Å². The number of nitrogens with two attached hydrogens (primary N) is 1. The molecule has 1 amide bonds. The van der Waals surface area contributed by atoms with Crippen molar-refractivity contribution < 1.29 is 10.1 Å². The molecule has 3 rings (SSSR count). The van der Waals surface area contributed by atoms with Crippen LogP contribution in [0.25, 0.3) is 0 Å². The van der Waals surface area contributed by atoms with Crippen LogP contribution in [0.3, 0.4) is 0 Å². The summed E-state index contributed by atoms with van der Waals surface area (Å²) in [7, 11) is 0. The zero-order valence-corrected chi connectivity index (χ0v) is 17.4. The lowest BCUT2D eigenvalue weighted by Gasteiger charge is -2.38. The average Bonchev–Trinajstić information content (AvgIpc) is 2.97. The molecule has 1 aliphatic rings. The molecule has 0 saturated carbocycles. The minimum Gasteiger partial charge on any atom is -0.333 e. The van der Waals surface area contributed by atoms with Crippen LogP contribution in [0.4, 0.5) is 5.00 Å². The normalized spacial score (nSPS) is 17.6. The third kappa shape index (κ3) is 3.44.